The molecule has 0 amide bonds. The second-order valence-electron chi connectivity index (χ2n) is 1.34. The molecule has 25 heteroatoms. The number of hydrogen-bond acceptors (Lipinski definition) is 18. The summed E-state index contributed by atoms with van der Waals surface area (Å²) in [5, 5.41) is 0. The third kappa shape index (κ3) is 463000. The Kier molecular flexibility index (Phi) is 70.0. The minimum atomic E-state index is -3.37. The smallest absolute Gasteiger partial charge is 0.744 e. The van der Waals surface area contributed by atoms with Gasteiger partial charge in [-0.3, -0.25) is 54.8 Å². The molecule has 144 valence electrons. The average molecular weight is 497 g/mol. The molecule has 0 aliphatic carbocycles. The van der Waals surface area contributed by atoms with Gasteiger partial charge in [0.15, 0.2) is 0 Å². The predicted octanol–water partition coefficient (Wildman–Crippen LogP) is -6.39. The second-order valence-corrected chi connectivity index (χ2v) is 4.02. The fourth-order valence-corrected chi connectivity index (χ4v) is 0. The van der Waals surface area contributed by atoms with Gasteiger partial charge in [0, 0.05) is 0 Å². The first-order valence-corrected chi connectivity index (χ1v) is 9.86. The summed E-state index contributed by atoms with van der Waals surface area (Å²) in [7, 11) is -20.2. The van der Waals surface area contributed by atoms with Crippen molar-refractivity contribution in [1.82, 2.24) is 0 Å². The molecule has 0 aromatic heterocycles. The van der Waals surface area contributed by atoms with Gasteiger partial charge in [0.2, 0.25) is 47.4 Å². The Hall–Kier alpha value is 0.160. The van der Waals surface area contributed by atoms with E-state index < -0.39 is 47.4 Å². The molecule has 0 aromatic carbocycles. The Morgan fingerprint density at radius 3 is 0.280 bits per heavy atom. The van der Waals surface area contributed by atoms with Crippen molar-refractivity contribution in [2.45, 2.75) is 0 Å². The van der Waals surface area contributed by atoms with Crippen LogP contribution in [0, 0.1) is 0 Å². The Bertz CT molecular complexity index is 471. The summed E-state index contributed by atoms with van der Waals surface area (Å²) >= 11 is 0. The normalized spacial score (nSPS) is 6.00. The molecule has 0 aliphatic heterocycles. The molecular formula is NaO18P6-5. The zero-order chi connectivity index (χ0) is 21.5. The summed E-state index contributed by atoms with van der Waals surface area (Å²) in [6.45, 7) is 0. The van der Waals surface area contributed by atoms with E-state index in [-0.39, 0.29) is 29.6 Å². The van der Waals surface area contributed by atoms with E-state index in [1.54, 1.807) is 0 Å². The predicted molar refractivity (Wildman–Crippen MR) is 49.8 cm³/mol. The summed E-state index contributed by atoms with van der Waals surface area (Å²) in [4.78, 5) is 50.9. The van der Waals surface area contributed by atoms with E-state index in [9.17, 15) is 0 Å². The first kappa shape index (κ1) is 44.5. The maximum atomic E-state index is 8.48. The summed E-state index contributed by atoms with van der Waals surface area (Å²) in [5.74, 6) is 0. The molecule has 0 saturated carbocycles. The first-order valence-electron chi connectivity index (χ1n) is 3.29. The Morgan fingerprint density at radius 2 is 0.280 bits per heavy atom. The van der Waals surface area contributed by atoms with Gasteiger partial charge >= 0.3 is 29.6 Å². The van der Waals surface area contributed by atoms with E-state index in [2.05, 4.69) is 0 Å². The third-order valence-electron chi connectivity index (χ3n) is 0. The molecule has 0 bridgehead atoms. The number of hydrogen-bond donors (Lipinski definition) is 0. The zero-order valence-corrected chi connectivity index (χ0v) is 18.4. The summed E-state index contributed by atoms with van der Waals surface area (Å²) in [6, 6.07) is 0. The van der Waals surface area contributed by atoms with Crippen molar-refractivity contribution >= 4 is 47.4 Å². The Labute approximate surface area is 161 Å². The molecule has 0 rings (SSSR count). The van der Waals surface area contributed by atoms with Crippen molar-refractivity contribution < 1.29 is 114 Å². The van der Waals surface area contributed by atoms with Crippen molar-refractivity contribution in [2.24, 2.45) is 0 Å². The van der Waals surface area contributed by atoms with E-state index >= 15 is 0 Å². The molecule has 0 fully saturated rings. The van der Waals surface area contributed by atoms with Gasteiger partial charge in [0.1, 0.15) is 0 Å². The van der Waals surface area contributed by atoms with Crippen molar-refractivity contribution in [1.29, 1.82) is 0 Å². The molecule has 0 heterocycles. The molecule has 0 unspecified atom stereocenters. The molecule has 0 spiro atoms. The standard InChI is InChI=1S/Na.6HO3P/c;6*1-4(2)3/h;6*(H,1,2,3)/q+1;;;;;;/p-6. The Morgan fingerprint density at radius 1 is 0.280 bits per heavy atom. The van der Waals surface area contributed by atoms with Gasteiger partial charge in [-0.25, -0.2) is 0 Å². The minimum absolute atomic E-state index is 0. The molecule has 18 nitrogen and oxygen atoms in total. The second kappa shape index (κ2) is 39.3. The van der Waals surface area contributed by atoms with Crippen LogP contribution in [0.5, 0.6) is 0 Å². The SMILES string of the molecule is O=P(=O)[O-].O=P(=O)[O-].O=P(=O)[O-].O=P(=O)[O-].O=P(=O)[O-].O=P(=O)[O-].[Na+]. The largest absolute Gasteiger partial charge is 1.00 e. The first-order chi connectivity index (χ1) is 10.4. The van der Waals surface area contributed by atoms with Crippen molar-refractivity contribution in [3.63, 3.8) is 0 Å². The molecule has 0 radical (unpaired) electrons. The van der Waals surface area contributed by atoms with Gasteiger partial charge in [-0.2, -0.15) is 0 Å². The zero-order valence-electron chi connectivity index (χ0n) is 11.0. The summed E-state index contributed by atoms with van der Waals surface area (Å²) in [5.41, 5.74) is 0. The van der Waals surface area contributed by atoms with Gasteiger partial charge in [-0.1, -0.05) is 0 Å². The van der Waals surface area contributed by atoms with Crippen LogP contribution in [0.25, 0.3) is 0 Å². The maximum absolute atomic E-state index is 8.48. The van der Waals surface area contributed by atoms with E-state index in [0.29, 0.717) is 0 Å². The van der Waals surface area contributed by atoms with E-state index in [1.165, 1.54) is 0 Å². The molecule has 25 heavy (non-hydrogen) atoms. The molecule has 0 saturated heterocycles. The molecular weight excluding hydrogens is 497 g/mol. The monoisotopic (exact) mass is 497 g/mol. The van der Waals surface area contributed by atoms with Gasteiger partial charge in [0.05, 0.1) is 0 Å². The van der Waals surface area contributed by atoms with Gasteiger partial charge in [-0.15, -0.1) is 0 Å². The van der Waals surface area contributed by atoms with Crippen LogP contribution >= 0.6 is 47.4 Å². The van der Waals surface area contributed by atoms with Crippen molar-refractivity contribution in [3.05, 3.63) is 0 Å². The van der Waals surface area contributed by atoms with Crippen LogP contribution in [0.3, 0.4) is 0 Å². The van der Waals surface area contributed by atoms with Gasteiger partial charge in [-0.05, 0) is 0 Å². The number of rotatable bonds is 0. The summed E-state index contributed by atoms with van der Waals surface area (Å²) in [6.07, 6.45) is 0. The van der Waals surface area contributed by atoms with Crippen LogP contribution < -0.4 is 58.9 Å². The Balaban J connectivity index is -0.0000000309. The maximum Gasteiger partial charge on any atom is 1.00 e. The van der Waals surface area contributed by atoms with Crippen LogP contribution in [0.2, 0.25) is 0 Å². The van der Waals surface area contributed by atoms with Gasteiger partial charge in [0.25, 0.3) is 0 Å². The summed E-state index contributed by atoms with van der Waals surface area (Å²) < 4.78 is 102. The fourth-order valence-electron chi connectivity index (χ4n) is 0. The van der Waals surface area contributed by atoms with E-state index in [1.807, 2.05) is 0 Å². The van der Waals surface area contributed by atoms with Crippen LogP contribution in [-0.2, 0) is 54.8 Å². The van der Waals surface area contributed by atoms with Crippen molar-refractivity contribution in [2.75, 3.05) is 0 Å². The molecule has 0 atom stereocenters. The van der Waals surface area contributed by atoms with E-state index in [0.717, 1.165) is 0 Å². The van der Waals surface area contributed by atoms with Crippen LogP contribution in [0.15, 0.2) is 0 Å². The topological polar surface area (TPSA) is 343 Å². The van der Waals surface area contributed by atoms with Crippen LogP contribution in [0.4, 0.5) is 0 Å². The molecule has 0 aromatic rings. The molecule has 0 N–H and O–H groups in total. The fraction of sp³-hybridized carbons (Fsp3) is 0. The quantitative estimate of drug-likeness (QED) is 0.222. The molecule has 0 aliphatic rings. The van der Waals surface area contributed by atoms with E-state index in [4.69, 9.17) is 84.1 Å². The van der Waals surface area contributed by atoms with Crippen LogP contribution in [-0.4, -0.2) is 0 Å². The third-order valence-corrected chi connectivity index (χ3v) is 0. The van der Waals surface area contributed by atoms with Crippen molar-refractivity contribution in [3.8, 4) is 0 Å². The van der Waals surface area contributed by atoms with Gasteiger partial charge < -0.3 is 29.4 Å². The minimum Gasteiger partial charge on any atom is -0.744 e. The average Bonchev–Trinajstić information content (AvgIpc) is 2.08. The van der Waals surface area contributed by atoms with Crippen LogP contribution in [0.1, 0.15) is 0 Å².